The van der Waals surface area contributed by atoms with Gasteiger partial charge in [0.2, 0.25) is 0 Å². The predicted octanol–water partition coefficient (Wildman–Crippen LogP) is 0.201. The summed E-state index contributed by atoms with van der Waals surface area (Å²) in [6.07, 6.45) is -2.06. The van der Waals surface area contributed by atoms with E-state index in [1.807, 2.05) is 29.2 Å². The molecule has 1 saturated heterocycles. The molecule has 20 heavy (non-hydrogen) atoms. The molecule has 1 heterocycles. The van der Waals surface area contributed by atoms with Gasteiger partial charge in [-0.05, 0) is 17.7 Å². The summed E-state index contributed by atoms with van der Waals surface area (Å²) in [6, 6.07) is 7.05. The summed E-state index contributed by atoms with van der Waals surface area (Å²) in [6.45, 7) is 0.733. The Labute approximate surface area is 123 Å². The van der Waals surface area contributed by atoms with Crippen molar-refractivity contribution in [2.75, 3.05) is 20.3 Å². The summed E-state index contributed by atoms with van der Waals surface area (Å²) < 4.78 is 5.10. The number of alkyl halides is 1. The van der Waals surface area contributed by atoms with E-state index in [0.717, 1.165) is 11.3 Å². The molecule has 4 atom stereocenters. The number of methoxy groups -OCH3 is 1. The van der Waals surface area contributed by atoms with Crippen LogP contribution in [-0.2, 0) is 6.54 Å². The molecule has 1 aromatic rings. The van der Waals surface area contributed by atoms with Gasteiger partial charge < -0.3 is 20.1 Å². The smallest absolute Gasteiger partial charge is 0.118 e. The largest absolute Gasteiger partial charge is 0.497 e. The maximum Gasteiger partial charge on any atom is 0.118 e. The molecule has 2 rings (SSSR count). The molecule has 0 spiro atoms. The maximum absolute atomic E-state index is 9.98. The minimum Gasteiger partial charge on any atom is -0.497 e. The van der Waals surface area contributed by atoms with E-state index in [4.69, 9.17) is 16.3 Å². The van der Waals surface area contributed by atoms with Gasteiger partial charge in [0, 0.05) is 13.1 Å². The Morgan fingerprint density at radius 2 is 1.90 bits per heavy atom. The summed E-state index contributed by atoms with van der Waals surface area (Å²) in [5, 5.41) is 28.6. The van der Waals surface area contributed by atoms with Gasteiger partial charge in [-0.15, -0.1) is 11.6 Å². The number of hydrogen-bond acceptors (Lipinski definition) is 5. The third kappa shape index (κ3) is 3.24. The van der Waals surface area contributed by atoms with Gasteiger partial charge in [-0.1, -0.05) is 12.1 Å². The van der Waals surface area contributed by atoms with Crippen molar-refractivity contribution in [3.8, 4) is 5.75 Å². The van der Waals surface area contributed by atoms with Crippen LogP contribution in [0.2, 0.25) is 0 Å². The van der Waals surface area contributed by atoms with E-state index < -0.39 is 23.6 Å². The van der Waals surface area contributed by atoms with Crippen molar-refractivity contribution in [1.29, 1.82) is 0 Å². The molecule has 5 nitrogen and oxygen atoms in total. The molecule has 1 aliphatic heterocycles. The lowest BCUT2D eigenvalue weighted by atomic mass is 9.95. The summed E-state index contributed by atoms with van der Waals surface area (Å²) >= 11 is 6.04. The highest BCUT2D eigenvalue weighted by atomic mass is 35.5. The molecule has 6 heteroatoms. The van der Waals surface area contributed by atoms with Crippen molar-refractivity contribution in [3.05, 3.63) is 29.8 Å². The van der Waals surface area contributed by atoms with Crippen molar-refractivity contribution >= 4 is 11.6 Å². The van der Waals surface area contributed by atoms with Crippen LogP contribution in [0, 0.1) is 0 Å². The fraction of sp³-hybridized carbons (Fsp3) is 0.571. The molecule has 0 amide bonds. The van der Waals surface area contributed by atoms with Crippen LogP contribution in [0.3, 0.4) is 0 Å². The van der Waals surface area contributed by atoms with Crippen LogP contribution in [0.25, 0.3) is 0 Å². The first kappa shape index (κ1) is 15.5. The zero-order valence-corrected chi connectivity index (χ0v) is 12.1. The molecule has 0 bridgehead atoms. The van der Waals surface area contributed by atoms with Crippen LogP contribution in [0.5, 0.6) is 5.75 Å². The van der Waals surface area contributed by atoms with Gasteiger partial charge in [-0.2, -0.15) is 0 Å². The van der Waals surface area contributed by atoms with Gasteiger partial charge in [0.25, 0.3) is 0 Å². The van der Waals surface area contributed by atoms with Crippen LogP contribution in [0.1, 0.15) is 5.56 Å². The molecule has 1 aliphatic rings. The Morgan fingerprint density at radius 1 is 1.25 bits per heavy atom. The fourth-order valence-electron chi connectivity index (χ4n) is 2.50. The van der Waals surface area contributed by atoms with Gasteiger partial charge in [0.15, 0.2) is 0 Å². The number of nitrogens with zero attached hydrogens (tertiary/aromatic N) is 1. The lowest BCUT2D eigenvalue weighted by molar-refractivity contribution is -0.0895. The number of ether oxygens (including phenoxy) is 1. The molecule has 0 aromatic heterocycles. The number of likely N-dealkylation sites (tertiary alicyclic amines) is 1. The lowest BCUT2D eigenvalue weighted by Crippen LogP contribution is -2.60. The normalized spacial score (nSPS) is 31.2. The van der Waals surface area contributed by atoms with Crippen molar-refractivity contribution in [2.24, 2.45) is 0 Å². The monoisotopic (exact) mass is 301 g/mol. The highest BCUT2D eigenvalue weighted by Gasteiger charge is 2.40. The highest BCUT2D eigenvalue weighted by molar-refractivity contribution is 6.21. The van der Waals surface area contributed by atoms with Gasteiger partial charge in [-0.25, -0.2) is 0 Å². The molecule has 1 aromatic carbocycles. The van der Waals surface area contributed by atoms with Crippen LogP contribution < -0.4 is 4.74 Å². The van der Waals surface area contributed by atoms with E-state index in [9.17, 15) is 15.3 Å². The first-order valence-electron chi connectivity index (χ1n) is 6.55. The molecule has 0 aliphatic carbocycles. The Morgan fingerprint density at radius 3 is 2.45 bits per heavy atom. The molecular formula is C14H20ClNO4. The van der Waals surface area contributed by atoms with Gasteiger partial charge in [0.05, 0.1) is 37.3 Å². The van der Waals surface area contributed by atoms with E-state index in [-0.39, 0.29) is 6.61 Å². The third-order valence-electron chi connectivity index (χ3n) is 3.72. The second kappa shape index (κ2) is 6.74. The van der Waals surface area contributed by atoms with Crippen LogP contribution in [0.4, 0.5) is 0 Å². The predicted molar refractivity (Wildman–Crippen MR) is 75.9 cm³/mol. The third-order valence-corrected chi connectivity index (χ3v) is 4.12. The molecule has 1 fully saturated rings. The molecular weight excluding hydrogens is 282 g/mol. The van der Waals surface area contributed by atoms with Gasteiger partial charge in [0.1, 0.15) is 5.75 Å². The van der Waals surface area contributed by atoms with Crippen molar-refractivity contribution in [1.82, 2.24) is 4.90 Å². The number of aliphatic hydroxyl groups excluding tert-OH is 3. The van der Waals surface area contributed by atoms with E-state index >= 15 is 0 Å². The number of halogens is 1. The Hall–Kier alpha value is -0.850. The summed E-state index contributed by atoms with van der Waals surface area (Å²) in [5.41, 5.74) is 1.02. The summed E-state index contributed by atoms with van der Waals surface area (Å²) in [5.74, 6) is 0.775. The van der Waals surface area contributed by atoms with Crippen molar-refractivity contribution in [2.45, 2.75) is 30.2 Å². The van der Waals surface area contributed by atoms with E-state index in [2.05, 4.69) is 0 Å². The first-order chi connectivity index (χ1) is 9.56. The number of piperidine rings is 1. The van der Waals surface area contributed by atoms with E-state index in [1.54, 1.807) is 7.11 Å². The molecule has 0 saturated carbocycles. The summed E-state index contributed by atoms with van der Waals surface area (Å²) in [7, 11) is 1.61. The number of rotatable bonds is 4. The van der Waals surface area contributed by atoms with Gasteiger partial charge >= 0.3 is 0 Å². The number of hydrogen-bond donors (Lipinski definition) is 3. The van der Waals surface area contributed by atoms with Crippen molar-refractivity contribution in [3.63, 3.8) is 0 Å². The van der Waals surface area contributed by atoms with E-state index in [0.29, 0.717) is 13.1 Å². The Kier molecular flexibility index (Phi) is 5.23. The SMILES string of the molecule is COc1ccc(CN2C[C@H](Cl)[C@@H](O)[C@H](O)[C@H]2CO)cc1. The topological polar surface area (TPSA) is 73.2 Å². The Balaban J connectivity index is 2.09. The quantitative estimate of drug-likeness (QED) is 0.693. The molecule has 0 unspecified atom stereocenters. The molecule has 112 valence electrons. The fourth-order valence-corrected chi connectivity index (χ4v) is 2.82. The first-order valence-corrected chi connectivity index (χ1v) is 6.98. The molecule has 3 N–H and O–H groups in total. The second-order valence-electron chi connectivity index (χ2n) is 5.02. The van der Waals surface area contributed by atoms with Crippen LogP contribution in [-0.4, -0.2) is 64.1 Å². The lowest BCUT2D eigenvalue weighted by Gasteiger charge is -2.43. The maximum atomic E-state index is 9.98. The average Bonchev–Trinajstić information content (AvgIpc) is 2.46. The van der Waals surface area contributed by atoms with Crippen LogP contribution >= 0.6 is 11.6 Å². The minimum atomic E-state index is -1.05. The van der Waals surface area contributed by atoms with Crippen LogP contribution in [0.15, 0.2) is 24.3 Å². The second-order valence-corrected chi connectivity index (χ2v) is 5.59. The van der Waals surface area contributed by atoms with E-state index in [1.165, 1.54) is 0 Å². The zero-order chi connectivity index (χ0) is 14.7. The summed E-state index contributed by atoms with van der Waals surface area (Å²) in [4.78, 5) is 1.89. The number of benzene rings is 1. The van der Waals surface area contributed by atoms with Crippen molar-refractivity contribution < 1.29 is 20.1 Å². The number of aliphatic hydroxyl groups is 3. The zero-order valence-electron chi connectivity index (χ0n) is 11.3. The molecule has 0 radical (unpaired) electrons. The average molecular weight is 302 g/mol. The minimum absolute atomic E-state index is 0.224. The standard InChI is InChI=1S/C14H20ClNO4/c1-20-10-4-2-9(3-5-10)6-16-7-11(15)13(18)14(19)12(16)8-17/h2-5,11-14,17-19H,6-8H2,1H3/t11-,12+,13+,14+/m0/s1. The van der Waals surface area contributed by atoms with Gasteiger partial charge in [-0.3, -0.25) is 4.90 Å². The Bertz CT molecular complexity index is 428. The highest BCUT2D eigenvalue weighted by Crippen LogP contribution is 2.24.